The molecular weight excluding hydrogens is 450 g/mol. The smallest absolute Gasteiger partial charge is 0.251 e. The summed E-state index contributed by atoms with van der Waals surface area (Å²) >= 11 is 0. The van der Waals surface area contributed by atoms with Crippen LogP contribution in [0.2, 0.25) is 0 Å². The molecule has 0 saturated heterocycles. The lowest BCUT2D eigenvalue weighted by Crippen LogP contribution is -2.23. The molecule has 4 aromatic rings. The van der Waals surface area contributed by atoms with Gasteiger partial charge in [-0.05, 0) is 36.4 Å². The van der Waals surface area contributed by atoms with Crippen LogP contribution in [-0.2, 0) is 6.54 Å². The van der Waals surface area contributed by atoms with E-state index < -0.39 is 0 Å². The van der Waals surface area contributed by atoms with Gasteiger partial charge in [0.15, 0.2) is 23.0 Å². The van der Waals surface area contributed by atoms with Gasteiger partial charge in [0, 0.05) is 23.2 Å². The molecule has 0 aliphatic carbocycles. The number of hydrogen-bond donors (Lipinski definition) is 2. The van der Waals surface area contributed by atoms with Crippen molar-refractivity contribution in [1.29, 1.82) is 0 Å². The topological polar surface area (TPSA) is 104 Å². The minimum absolute atomic E-state index is 0.222. The second-order valence-corrected chi connectivity index (χ2v) is 7.57. The maximum Gasteiger partial charge on any atom is 0.251 e. The molecule has 2 N–H and O–H groups in total. The Balaban J connectivity index is 1.59. The quantitative estimate of drug-likeness (QED) is 0.372. The summed E-state index contributed by atoms with van der Waals surface area (Å²) in [7, 11) is 7.82. The summed E-state index contributed by atoms with van der Waals surface area (Å²) in [5.41, 5.74) is 3.51. The van der Waals surface area contributed by atoms with Crippen LogP contribution in [0.15, 0.2) is 48.5 Å². The molecule has 0 aliphatic heterocycles. The second kappa shape index (κ2) is 10.3. The number of rotatable bonds is 9. The van der Waals surface area contributed by atoms with Crippen molar-refractivity contribution < 1.29 is 28.5 Å². The van der Waals surface area contributed by atoms with Crippen LogP contribution in [0.4, 0.5) is 0 Å². The van der Waals surface area contributed by atoms with Gasteiger partial charge in [0.1, 0.15) is 5.82 Å². The van der Waals surface area contributed by atoms with Crippen molar-refractivity contribution in [1.82, 2.24) is 15.3 Å². The first-order valence-corrected chi connectivity index (χ1v) is 10.8. The van der Waals surface area contributed by atoms with Crippen molar-refractivity contribution in [2.24, 2.45) is 0 Å². The van der Waals surface area contributed by atoms with E-state index in [2.05, 4.69) is 15.3 Å². The predicted octanol–water partition coefficient (Wildman–Crippen LogP) is 4.20. The Hall–Kier alpha value is -4.40. The van der Waals surface area contributed by atoms with Crippen molar-refractivity contribution in [3.8, 4) is 40.1 Å². The van der Waals surface area contributed by atoms with Gasteiger partial charge < -0.3 is 34.0 Å². The van der Waals surface area contributed by atoms with Gasteiger partial charge in [0.2, 0.25) is 5.75 Å². The molecule has 0 fully saturated rings. The standard InChI is InChI=1S/C26H27N3O6/c1-31-20-8-6-7-16(23(20)34-4)14-27-26(30)15-9-10-18-19(11-15)29-25(28-18)17-12-21(32-2)24(35-5)22(13-17)33-3/h6-13H,14H2,1-5H3,(H,27,30)(H,28,29). The van der Waals surface area contributed by atoms with E-state index in [0.717, 1.165) is 22.2 Å². The Morgan fingerprint density at radius 1 is 0.829 bits per heavy atom. The molecule has 1 amide bonds. The molecule has 0 unspecified atom stereocenters. The zero-order valence-electron chi connectivity index (χ0n) is 20.2. The van der Waals surface area contributed by atoms with Crippen molar-refractivity contribution in [2.75, 3.05) is 35.5 Å². The lowest BCUT2D eigenvalue weighted by atomic mass is 10.1. The van der Waals surface area contributed by atoms with Crippen molar-refractivity contribution >= 4 is 16.9 Å². The summed E-state index contributed by atoms with van der Waals surface area (Å²) in [5, 5.41) is 2.93. The second-order valence-electron chi connectivity index (χ2n) is 7.57. The minimum atomic E-state index is -0.222. The van der Waals surface area contributed by atoms with Crippen LogP contribution in [0.3, 0.4) is 0 Å². The molecule has 35 heavy (non-hydrogen) atoms. The molecule has 9 heteroatoms. The SMILES string of the molecule is COc1cccc(CNC(=O)c2ccc3nc(-c4cc(OC)c(OC)c(OC)c4)[nH]c3c2)c1OC. The van der Waals surface area contributed by atoms with E-state index in [0.29, 0.717) is 40.1 Å². The van der Waals surface area contributed by atoms with E-state index in [9.17, 15) is 4.79 Å². The molecule has 1 aromatic heterocycles. The number of nitrogens with zero attached hydrogens (tertiary/aromatic N) is 1. The highest BCUT2D eigenvalue weighted by atomic mass is 16.5. The fourth-order valence-electron chi connectivity index (χ4n) is 3.88. The van der Waals surface area contributed by atoms with Gasteiger partial charge in [0.05, 0.1) is 46.6 Å². The summed E-state index contributed by atoms with van der Waals surface area (Å²) in [6.45, 7) is 0.289. The minimum Gasteiger partial charge on any atom is -0.493 e. The van der Waals surface area contributed by atoms with Crippen LogP contribution in [-0.4, -0.2) is 51.4 Å². The van der Waals surface area contributed by atoms with Crippen molar-refractivity contribution in [3.63, 3.8) is 0 Å². The maximum absolute atomic E-state index is 12.9. The predicted molar refractivity (Wildman–Crippen MR) is 132 cm³/mol. The number of carbonyl (C=O) groups excluding carboxylic acids is 1. The number of hydrogen-bond acceptors (Lipinski definition) is 7. The largest absolute Gasteiger partial charge is 0.493 e. The fraction of sp³-hybridized carbons (Fsp3) is 0.231. The number of methoxy groups -OCH3 is 5. The molecule has 0 spiro atoms. The lowest BCUT2D eigenvalue weighted by molar-refractivity contribution is 0.0950. The molecule has 0 radical (unpaired) electrons. The van der Waals surface area contributed by atoms with Gasteiger partial charge in [-0.25, -0.2) is 4.98 Å². The van der Waals surface area contributed by atoms with Gasteiger partial charge in [-0.3, -0.25) is 4.79 Å². The van der Waals surface area contributed by atoms with Crippen molar-refractivity contribution in [3.05, 3.63) is 59.7 Å². The number of para-hydroxylation sites is 1. The summed E-state index contributed by atoms with van der Waals surface area (Å²) < 4.78 is 27.0. The monoisotopic (exact) mass is 477 g/mol. The molecule has 3 aromatic carbocycles. The molecular formula is C26H27N3O6. The summed E-state index contributed by atoms with van der Waals surface area (Å²) in [6, 6.07) is 14.5. The van der Waals surface area contributed by atoms with Gasteiger partial charge >= 0.3 is 0 Å². The van der Waals surface area contributed by atoms with Gasteiger partial charge in [0.25, 0.3) is 5.91 Å². The van der Waals surface area contributed by atoms with E-state index in [1.807, 2.05) is 30.3 Å². The molecule has 9 nitrogen and oxygen atoms in total. The van der Waals surface area contributed by atoms with Crippen molar-refractivity contribution in [2.45, 2.75) is 6.54 Å². The lowest BCUT2D eigenvalue weighted by Gasteiger charge is -2.13. The number of benzene rings is 3. The summed E-state index contributed by atoms with van der Waals surface area (Å²) in [5.74, 6) is 3.14. The number of imidazole rings is 1. The first kappa shape index (κ1) is 23.7. The molecule has 1 heterocycles. The Labute approximate surface area is 202 Å². The van der Waals surface area contributed by atoms with Crippen LogP contribution in [0.25, 0.3) is 22.4 Å². The van der Waals surface area contributed by atoms with Crippen LogP contribution >= 0.6 is 0 Å². The molecule has 0 bridgehead atoms. The number of ether oxygens (including phenoxy) is 5. The van der Waals surface area contributed by atoms with E-state index >= 15 is 0 Å². The number of aromatic amines is 1. The molecule has 0 saturated carbocycles. The number of fused-ring (bicyclic) bond motifs is 1. The number of carbonyl (C=O) groups is 1. The Morgan fingerprint density at radius 3 is 2.14 bits per heavy atom. The number of amides is 1. The number of nitrogens with one attached hydrogen (secondary N) is 2. The first-order valence-electron chi connectivity index (χ1n) is 10.8. The van der Waals surface area contributed by atoms with Crippen LogP contribution in [0, 0.1) is 0 Å². The Kier molecular flexibility index (Phi) is 6.96. The Bertz CT molecular complexity index is 1340. The van der Waals surface area contributed by atoms with E-state index in [-0.39, 0.29) is 12.5 Å². The number of aromatic nitrogens is 2. The third-order valence-corrected chi connectivity index (χ3v) is 5.61. The average molecular weight is 478 g/mol. The maximum atomic E-state index is 12.9. The van der Waals surface area contributed by atoms with E-state index in [1.54, 1.807) is 53.7 Å². The molecule has 0 aliphatic rings. The molecule has 4 rings (SSSR count). The normalized spacial score (nSPS) is 10.7. The highest BCUT2D eigenvalue weighted by Gasteiger charge is 2.17. The highest BCUT2D eigenvalue weighted by molar-refractivity contribution is 5.97. The third kappa shape index (κ3) is 4.65. The van der Waals surface area contributed by atoms with Gasteiger partial charge in [-0.1, -0.05) is 12.1 Å². The van der Waals surface area contributed by atoms with E-state index in [1.165, 1.54) is 0 Å². The highest BCUT2D eigenvalue weighted by Crippen LogP contribution is 2.41. The van der Waals surface area contributed by atoms with E-state index in [4.69, 9.17) is 23.7 Å². The number of H-pyrrole nitrogens is 1. The zero-order valence-corrected chi connectivity index (χ0v) is 20.2. The zero-order chi connectivity index (χ0) is 24.9. The Morgan fingerprint density at radius 2 is 1.51 bits per heavy atom. The van der Waals surface area contributed by atoms with Gasteiger partial charge in [-0.2, -0.15) is 0 Å². The average Bonchev–Trinajstić information content (AvgIpc) is 3.33. The van der Waals surface area contributed by atoms with Crippen LogP contribution in [0.5, 0.6) is 28.7 Å². The van der Waals surface area contributed by atoms with Crippen LogP contribution in [0.1, 0.15) is 15.9 Å². The molecule has 0 atom stereocenters. The fourth-order valence-corrected chi connectivity index (χ4v) is 3.88. The van der Waals surface area contributed by atoms with Gasteiger partial charge in [-0.15, -0.1) is 0 Å². The summed E-state index contributed by atoms with van der Waals surface area (Å²) in [4.78, 5) is 20.8. The molecule has 182 valence electrons. The summed E-state index contributed by atoms with van der Waals surface area (Å²) in [6.07, 6.45) is 0. The third-order valence-electron chi connectivity index (χ3n) is 5.61. The van der Waals surface area contributed by atoms with Crippen LogP contribution < -0.4 is 29.0 Å². The first-order chi connectivity index (χ1) is 17.0.